The first-order valence-electron chi connectivity index (χ1n) is 14.3. The Morgan fingerprint density at radius 2 is 1.51 bits per heavy atom. The first-order chi connectivity index (χ1) is 19.7. The highest BCUT2D eigenvalue weighted by Crippen LogP contribution is 2.24. The van der Waals surface area contributed by atoms with Gasteiger partial charge in [-0.2, -0.15) is 0 Å². The van der Waals surface area contributed by atoms with Gasteiger partial charge in [-0.3, -0.25) is 0 Å². The third-order valence-corrected chi connectivity index (χ3v) is 6.27. The van der Waals surface area contributed by atoms with Crippen molar-refractivity contribution in [2.24, 2.45) is 11.7 Å². The van der Waals surface area contributed by atoms with Crippen molar-refractivity contribution >= 4 is 12.6 Å². The molecule has 41 heavy (non-hydrogen) atoms. The number of nitrogens with two attached hydrogens (primary N) is 1. The van der Waals surface area contributed by atoms with Crippen LogP contribution in [0.1, 0.15) is 63.3 Å². The molecule has 0 bridgehead atoms. The summed E-state index contributed by atoms with van der Waals surface area (Å²) in [7, 11) is 1.50. The van der Waals surface area contributed by atoms with E-state index in [2.05, 4.69) is 150 Å². The molecule has 0 aliphatic heterocycles. The lowest BCUT2D eigenvalue weighted by Crippen LogP contribution is -2.04. The fourth-order valence-corrected chi connectivity index (χ4v) is 3.57. The number of benzene rings is 3. The van der Waals surface area contributed by atoms with Crippen molar-refractivity contribution in [2.45, 2.75) is 73.3 Å². The lowest BCUT2D eigenvalue weighted by molar-refractivity contribution is 0.731. The molecule has 1 aliphatic carbocycles. The second-order valence-corrected chi connectivity index (χ2v) is 9.67. The Bertz CT molecular complexity index is 1200. The first-order valence-corrected chi connectivity index (χ1v) is 14.7. The van der Waals surface area contributed by atoms with Gasteiger partial charge in [0, 0.05) is 11.4 Å². The Morgan fingerprint density at radius 3 is 1.98 bits per heavy atom. The van der Waals surface area contributed by atoms with Crippen molar-refractivity contribution < 1.29 is 0 Å². The van der Waals surface area contributed by atoms with Gasteiger partial charge in [0.2, 0.25) is 0 Å². The van der Waals surface area contributed by atoms with Gasteiger partial charge >= 0.3 is 0 Å². The maximum atomic E-state index is 4.60. The van der Waals surface area contributed by atoms with E-state index in [1.807, 2.05) is 26.0 Å². The van der Waals surface area contributed by atoms with E-state index in [0.29, 0.717) is 0 Å². The van der Waals surface area contributed by atoms with Crippen LogP contribution in [-0.4, -0.2) is 7.05 Å². The molecular weight excluding hydrogens is 516 g/mol. The normalized spacial score (nSPS) is 12.1. The number of allylic oxidation sites excluding steroid dienone is 4. The van der Waals surface area contributed by atoms with Gasteiger partial charge in [0.1, 0.15) is 0 Å². The van der Waals surface area contributed by atoms with Crippen molar-refractivity contribution in [2.75, 3.05) is 7.05 Å². The van der Waals surface area contributed by atoms with Crippen molar-refractivity contribution in [1.82, 2.24) is 5.32 Å². The lowest BCUT2D eigenvalue weighted by atomic mass is 10.00. The van der Waals surface area contributed by atoms with E-state index in [1.165, 1.54) is 52.4 Å². The molecule has 3 aromatic rings. The molecule has 0 saturated heterocycles. The van der Waals surface area contributed by atoms with Gasteiger partial charge in [-0.05, 0) is 94.1 Å². The van der Waals surface area contributed by atoms with Crippen LogP contribution in [0, 0.1) is 39.0 Å². The Morgan fingerprint density at radius 1 is 0.951 bits per heavy atom. The zero-order valence-corrected chi connectivity index (χ0v) is 27.9. The molecule has 0 amide bonds. The van der Waals surface area contributed by atoms with Gasteiger partial charge in [-0.25, -0.2) is 0 Å². The zero-order valence-electron chi connectivity index (χ0n) is 27.0. The predicted octanol–water partition coefficient (Wildman–Crippen LogP) is 10.3. The Hall–Kier alpha value is -3.45. The van der Waals surface area contributed by atoms with E-state index >= 15 is 0 Å². The summed E-state index contributed by atoms with van der Waals surface area (Å²) in [6.45, 7) is 20.8. The Labute approximate surface area is 258 Å². The van der Waals surface area contributed by atoms with Crippen LogP contribution < -0.4 is 11.1 Å². The SMILES string of the molecule is C#CC.C=CNCc1ccccc1C.CC.CC1=CCC(C)C=C1.CN.Cc1ccc(-c2ccc(C)c(S)c2)cc1. The molecule has 3 aromatic carbocycles. The number of thiol groups is 1. The molecule has 4 rings (SSSR count). The van der Waals surface area contributed by atoms with Gasteiger partial charge < -0.3 is 11.1 Å². The number of hydrogen-bond acceptors (Lipinski definition) is 3. The summed E-state index contributed by atoms with van der Waals surface area (Å²) in [5.41, 5.74) is 13.5. The van der Waals surface area contributed by atoms with Crippen molar-refractivity contribution in [3.8, 4) is 23.5 Å². The van der Waals surface area contributed by atoms with Crippen LogP contribution in [0.25, 0.3) is 11.1 Å². The largest absolute Gasteiger partial charge is 0.387 e. The molecule has 3 N–H and O–H groups in total. The fourth-order valence-electron chi connectivity index (χ4n) is 3.36. The molecule has 0 fully saturated rings. The summed E-state index contributed by atoms with van der Waals surface area (Å²) in [5.74, 6) is 3.01. The van der Waals surface area contributed by atoms with E-state index in [-0.39, 0.29) is 0 Å². The highest BCUT2D eigenvalue weighted by molar-refractivity contribution is 7.80. The molecule has 0 heterocycles. The summed E-state index contributed by atoms with van der Waals surface area (Å²) in [5, 5.41) is 3.07. The topological polar surface area (TPSA) is 38.0 Å². The molecule has 3 heteroatoms. The molecule has 0 spiro atoms. The molecule has 1 unspecified atom stereocenters. The summed E-state index contributed by atoms with van der Waals surface area (Å²) in [6, 6.07) is 23.2. The number of rotatable bonds is 4. The van der Waals surface area contributed by atoms with Crippen molar-refractivity contribution in [1.29, 1.82) is 0 Å². The fraction of sp³-hybridized carbons (Fsp3) is 0.316. The summed E-state index contributed by atoms with van der Waals surface area (Å²) >= 11 is 4.44. The highest BCUT2D eigenvalue weighted by atomic mass is 32.1. The van der Waals surface area contributed by atoms with Gasteiger partial charge in [0.25, 0.3) is 0 Å². The second-order valence-electron chi connectivity index (χ2n) is 9.19. The Kier molecular flexibility index (Phi) is 24.7. The van der Waals surface area contributed by atoms with Crippen molar-refractivity contribution in [3.05, 3.63) is 126 Å². The number of hydrogen-bond donors (Lipinski definition) is 3. The van der Waals surface area contributed by atoms with Gasteiger partial charge in [-0.15, -0.1) is 25.0 Å². The van der Waals surface area contributed by atoms with E-state index in [4.69, 9.17) is 0 Å². The van der Waals surface area contributed by atoms with Crippen LogP contribution in [-0.2, 0) is 6.54 Å². The number of terminal acetylenes is 1. The maximum absolute atomic E-state index is 4.60. The van der Waals surface area contributed by atoms with E-state index in [0.717, 1.165) is 17.4 Å². The number of nitrogens with one attached hydrogen (secondary N) is 1. The predicted molar refractivity (Wildman–Crippen MR) is 189 cm³/mol. The molecule has 0 aromatic heterocycles. The molecule has 1 atom stereocenters. The van der Waals surface area contributed by atoms with E-state index in [1.54, 1.807) is 13.1 Å². The zero-order chi connectivity index (χ0) is 31.6. The standard InChI is InChI=1S/C14H14S.C10H13N.C8H12.C3H4.C2H6.CH5N/c1-10-3-6-12(7-4-10)13-8-5-11(2)14(15)9-13;1-3-11-8-10-7-5-4-6-9(10)2;1-7-3-5-8(2)6-4-7;1-3-2;2*1-2/h3-9,15H,1-2H3;3-7,11H,1,8H2,2H3;3-5,8H,6H2,1-2H3;1H,2H3;1-2H3;2H2,1H3. The number of aryl methyl sites for hydroxylation is 3. The molecule has 222 valence electrons. The third-order valence-electron chi connectivity index (χ3n) is 5.79. The minimum Gasteiger partial charge on any atom is -0.387 e. The first kappa shape index (κ1) is 39.7. The van der Waals surface area contributed by atoms with Gasteiger partial charge in [0.15, 0.2) is 0 Å². The summed E-state index contributed by atoms with van der Waals surface area (Å²) in [4.78, 5) is 1.05. The van der Waals surface area contributed by atoms with Crippen molar-refractivity contribution in [3.63, 3.8) is 0 Å². The van der Waals surface area contributed by atoms with Gasteiger partial charge in [-0.1, -0.05) is 117 Å². The Balaban J connectivity index is 0. The van der Waals surface area contributed by atoms with Crippen LogP contribution in [0.4, 0.5) is 0 Å². The molecule has 2 nitrogen and oxygen atoms in total. The van der Waals surface area contributed by atoms with E-state index < -0.39 is 0 Å². The molecular formula is C38H54N2S. The summed E-state index contributed by atoms with van der Waals surface area (Å²) < 4.78 is 0. The van der Waals surface area contributed by atoms with E-state index in [9.17, 15) is 0 Å². The second kappa shape index (κ2) is 25.5. The van der Waals surface area contributed by atoms with Crippen LogP contribution >= 0.6 is 12.6 Å². The maximum Gasteiger partial charge on any atom is 0.0397 e. The molecule has 0 saturated carbocycles. The smallest absolute Gasteiger partial charge is 0.0397 e. The van der Waals surface area contributed by atoms with Gasteiger partial charge in [0.05, 0.1) is 0 Å². The quantitative estimate of drug-likeness (QED) is 0.216. The van der Waals surface area contributed by atoms with Crippen LogP contribution in [0.15, 0.2) is 108 Å². The monoisotopic (exact) mass is 570 g/mol. The third kappa shape index (κ3) is 18.5. The van der Waals surface area contributed by atoms with Crippen LogP contribution in [0.5, 0.6) is 0 Å². The van der Waals surface area contributed by atoms with Crippen LogP contribution in [0.3, 0.4) is 0 Å². The average molecular weight is 571 g/mol. The molecule has 0 radical (unpaired) electrons. The molecule has 1 aliphatic rings. The average Bonchev–Trinajstić information content (AvgIpc) is 2.99. The summed E-state index contributed by atoms with van der Waals surface area (Å²) in [6.07, 6.45) is 14.3. The highest BCUT2D eigenvalue weighted by Gasteiger charge is 2.00. The lowest BCUT2D eigenvalue weighted by Gasteiger charge is -2.06. The minimum absolute atomic E-state index is 0.763. The van der Waals surface area contributed by atoms with Crippen LogP contribution in [0.2, 0.25) is 0 Å². The minimum atomic E-state index is 0.763.